The number of carbonyl (C=O) groups excluding carboxylic acids is 1. The number of aromatic nitrogens is 1. The zero-order valence-electron chi connectivity index (χ0n) is 24.5. The molecule has 2 aromatic carbocycles. The van der Waals surface area contributed by atoms with Gasteiger partial charge in [-0.3, -0.25) is 14.3 Å². The molecule has 0 amide bonds. The van der Waals surface area contributed by atoms with Gasteiger partial charge in [-0.1, -0.05) is 18.9 Å². The summed E-state index contributed by atoms with van der Waals surface area (Å²) in [6.07, 6.45) is 7.79. The molecular weight excluding hydrogens is 541 g/mol. The number of fused-ring (bicyclic) bond motifs is 1. The fraction of sp³-hybridized carbons (Fsp3) is 0.545. The third-order valence-electron chi connectivity index (χ3n) is 8.51. The number of nitrogens with zero attached hydrogens (tertiary/aromatic N) is 4. The zero-order chi connectivity index (χ0) is 29.4. The van der Waals surface area contributed by atoms with Gasteiger partial charge in [0.05, 0.1) is 12.2 Å². The predicted molar refractivity (Wildman–Crippen MR) is 162 cm³/mol. The molecule has 9 heteroatoms. The van der Waals surface area contributed by atoms with Crippen LogP contribution in [0, 0.1) is 0 Å². The van der Waals surface area contributed by atoms with Gasteiger partial charge in [0.15, 0.2) is 0 Å². The van der Waals surface area contributed by atoms with E-state index < -0.39 is 11.7 Å². The standard InChI is InChI=1S/C33H43F3N4O2/c34-33(35,36)29-9-7-10-30(24-29)39-20-18-38(19-21-39)16-4-1-3-11-32(41)40-25-27-12-13-31(23-28(27)26-40)42-22-8-17-37-14-5-2-6-15-37/h7,9-10,12-13,23-26H,1-6,8,11,14-22H2. The van der Waals surface area contributed by atoms with Crippen molar-refractivity contribution in [2.75, 3.05) is 63.9 Å². The van der Waals surface area contributed by atoms with Gasteiger partial charge in [-0.25, -0.2) is 0 Å². The van der Waals surface area contributed by atoms with E-state index in [9.17, 15) is 18.0 Å². The van der Waals surface area contributed by atoms with Crippen molar-refractivity contribution in [1.29, 1.82) is 0 Å². The van der Waals surface area contributed by atoms with Gasteiger partial charge in [-0.15, -0.1) is 0 Å². The van der Waals surface area contributed by atoms with Gasteiger partial charge < -0.3 is 14.5 Å². The highest BCUT2D eigenvalue weighted by atomic mass is 19.4. The van der Waals surface area contributed by atoms with Crippen molar-refractivity contribution in [2.24, 2.45) is 0 Å². The molecule has 0 N–H and O–H groups in total. The SMILES string of the molecule is O=C(CCCCCN1CCN(c2cccc(C(F)(F)F)c2)CC1)n1cc2ccc(OCCCN3CCCCC3)cc2c1. The first-order chi connectivity index (χ1) is 20.3. The Balaban J connectivity index is 0.977. The van der Waals surface area contributed by atoms with Crippen molar-refractivity contribution in [2.45, 2.75) is 57.5 Å². The molecule has 0 bridgehead atoms. The topological polar surface area (TPSA) is 41.0 Å². The maximum Gasteiger partial charge on any atom is 0.416 e. The van der Waals surface area contributed by atoms with Crippen molar-refractivity contribution in [3.8, 4) is 5.75 Å². The lowest BCUT2D eigenvalue weighted by atomic mass is 10.1. The minimum Gasteiger partial charge on any atom is -0.494 e. The normalized spacial score (nSPS) is 17.2. The van der Waals surface area contributed by atoms with Crippen LogP contribution < -0.4 is 9.64 Å². The van der Waals surface area contributed by atoms with Crippen LogP contribution in [-0.2, 0) is 6.18 Å². The number of halogens is 3. The molecule has 42 heavy (non-hydrogen) atoms. The van der Waals surface area contributed by atoms with Crippen molar-refractivity contribution in [3.63, 3.8) is 0 Å². The van der Waals surface area contributed by atoms with E-state index in [1.807, 2.05) is 35.5 Å². The Labute approximate surface area is 247 Å². The van der Waals surface area contributed by atoms with Crippen LogP contribution in [0.4, 0.5) is 18.9 Å². The molecule has 0 unspecified atom stereocenters. The molecule has 2 aliphatic heterocycles. The highest BCUT2D eigenvalue weighted by molar-refractivity contribution is 5.90. The quantitative estimate of drug-likeness (QED) is 0.216. The number of benzene rings is 2. The first-order valence-corrected chi connectivity index (χ1v) is 15.5. The summed E-state index contributed by atoms with van der Waals surface area (Å²) in [5.41, 5.74) is 0.0327. The van der Waals surface area contributed by atoms with E-state index in [1.165, 1.54) is 44.5 Å². The zero-order valence-corrected chi connectivity index (χ0v) is 24.5. The number of anilines is 1. The Kier molecular flexibility index (Phi) is 10.4. The fourth-order valence-corrected chi connectivity index (χ4v) is 6.04. The molecule has 5 rings (SSSR count). The Morgan fingerprint density at radius 2 is 1.50 bits per heavy atom. The monoisotopic (exact) mass is 584 g/mol. The van der Waals surface area contributed by atoms with Crippen LogP contribution in [0.1, 0.15) is 61.7 Å². The number of carbonyl (C=O) groups is 1. The second kappa shape index (κ2) is 14.4. The van der Waals surface area contributed by atoms with Crippen LogP contribution in [0.3, 0.4) is 0 Å². The molecule has 1 aromatic heterocycles. The van der Waals surface area contributed by atoms with E-state index in [0.29, 0.717) is 31.8 Å². The van der Waals surface area contributed by atoms with Crippen molar-refractivity contribution in [1.82, 2.24) is 14.4 Å². The molecule has 3 heterocycles. The fourth-order valence-electron chi connectivity index (χ4n) is 6.04. The summed E-state index contributed by atoms with van der Waals surface area (Å²) in [5, 5.41) is 2.05. The van der Waals surface area contributed by atoms with Crippen molar-refractivity contribution in [3.05, 3.63) is 60.4 Å². The average Bonchev–Trinajstić information content (AvgIpc) is 3.43. The van der Waals surface area contributed by atoms with E-state index in [1.54, 1.807) is 10.6 Å². The van der Waals surface area contributed by atoms with Gasteiger partial charge in [0, 0.05) is 68.0 Å². The maximum absolute atomic E-state index is 13.0. The first-order valence-electron chi connectivity index (χ1n) is 15.5. The van der Waals surface area contributed by atoms with Gasteiger partial charge in [-0.05, 0) is 88.1 Å². The Morgan fingerprint density at radius 3 is 2.29 bits per heavy atom. The average molecular weight is 585 g/mol. The molecule has 0 atom stereocenters. The molecular formula is C33H43F3N4O2. The molecule has 2 saturated heterocycles. The molecule has 2 aliphatic rings. The number of rotatable bonds is 12. The largest absolute Gasteiger partial charge is 0.494 e. The van der Waals surface area contributed by atoms with Gasteiger partial charge in [0.25, 0.3) is 0 Å². The van der Waals surface area contributed by atoms with Crippen LogP contribution in [0.5, 0.6) is 5.75 Å². The summed E-state index contributed by atoms with van der Waals surface area (Å²) in [6.45, 7) is 8.24. The van der Waals surface area contributed by atoms with Crippen LogP contribution in [0.25, 0.3) is 10.8 Å². The summed E-state index contributed by atoms with van der Waals surface area (Å²) >= 11 is 0. The minimum atomic E-state index is -4.32. The van der Waals surface area contributed by atoms with Gasteiger partial charge >= 0.3 is 6.18 Å². The number of piperazine rings is 1. The van der Waals surface area contributed by atoms with E-state index in [2.05, 4.69) is 9.80 Å². The van der Waals surface area contributed by atoms with E-state index in [4.69, 9.17) is 4.74 Å². The summed E-state index contributed by atoms with van der Waals surface area (Å²) in [6, 6.07) is 11.6. The first kappa shape index (κ1) is 30.4. The number of hydrogen-bond donors (Lipinski definition) is 0. The molecule has 3 aromatic rings. The van der Waals surface area contributed by atoms with E-state index in [-0.39, 0.29) is 5.91 Å². The molecule has 228 valence electrons. The Morgan fingerprint density at radius 1 is 0.762 bits per heavy atom. The molecule has 0 aliphatic carbocycles. The second-order valence-electron chi connectivity index (χ2n) is 11.6. The number of ether oxygens (including phenoxy) is 1. The Hall–Kier alpha value is -3.04. The maximum atomic E-state index is 13.0. The number of likely N-dealkylation sites (tertiary alicyclic amines) is 1. The summed E-state index contributed by atoms with van der Waals surface area (Å²) < 4.78 is 46.8. The van der Waals surface area contributed by atoms with Crippen molar-refractivity contribution >= 4 is 22.4 Å². The molecule has 0 radical (unpaired) electrons. The van der Waals surface area contributed by atoms with Crippen LogP contribution in [0.2, 0.25) is 0 Å². The Bertz CT molecular complexity index is 1290. The summed E-state index contributed by atoms with van der Waals surface area (Å²) in [4.78, 5) is 19.7. The van der Waals surface area contributed by atoms with Gasteiger partial charge in [0.2, 0.25) is 5.91 Å². The molecule has 6 nitrogen and oxygen atoms in total. The molecule has 2 fully saturated rings. The lowest BCUT2D eigenvalue weighted by Crippen LogP contribution is -2.46. The predicted octanol–water partition coefficient (Wildman–Crippen LogP) is 6.94. The van der Waals surface area contributed by atoms with E-state index in [0.717, 1.165) is 74.5 Å². The molecule has 0 saturated carbocycles. The van der Waals surface area contributed by atoms with Gasteiger partial charge in [-0.2, -0.15) is 13.2 Å². The number of piperidine rings is 1. The smallest absolute Gasteiger partial charge is 0.416 e. The third kappa shape index (κ3) is 8.51. The lowest BCUT2D eigenvalue weighted by Gasteiger charge is -2.36. The highest BCUT2D eigenvalue weighted by Gasteiger charge is 2.31. The lowest BCUT2D eigenvalue weighted by molar-refractivity contribution is -0.137. The van der Waals surface area contributed by atoms with Gasteiger partial charge in [0.1, 0.15) is 5.75 Å². The van der Waals surface area contributed by atoms with E-state index >= 15 is 0 Å². The molecule has 0 spiro atoms. The summed E-state index contributed by atoms with van der Waals surface area (Å²) in [7, 11) is 0. The minimum absolute atomic E-state index is 0.102. The van der Waals surface area contributed by atoms with Crippen molar-refractivity contribution < 1.29 is 22.7 Å². The van der Waals surface area contributed by atoms with Crippen LogP contribution in [-0.4, -0.2) is 79.2 Å². The number of hydrogen-bond acceptors (Lipinski definition) is 5. The second-order valence-corrected chi connectivity index (χ2v) is 11.6. The van der Waals surface area contributed by atoms with Crippen LogP contribution >= 0.6 is 0 Å². The third-order valence-corrected chi connectivity index (χ3v) is 8.51. The van der Waals surface area contributed by atoms with Crippen LogP contribution in [0.15, 0.2) is 54.9 Å². The highest BCUT2D eigenvalue weighted by Crippen LogP contribution is 2.32. The summed E-state index contributed by atoms with van der Waals surface area (Å²) in [5.74, 6) is 0.951. The number of unbranched alkanes of at least 4 members (excludes halogenated alkanes) is 2. The number of alkyl halides is 3.